The Bertz CT molecular complexity index is 1150. The lowest BCUT2D eigenvalue weighted by Gasteiger charge is -2.25. The zero-order chi connectivity index (χ0) is 23.4. The number of hydrogen-bond donors (Lipinski definition) is 0. The summed E-state index contributed by atoms with van der Waals surface area (Å²) < 4.78 is 22.3. The zero-order valence-corrected chi connectivity index (χ0v) is 18.3. The first-order valence-electron chi connectivity index (χ1n) is 10.9. The predicted molar refractivity (Wildman–Crippen MR) is 121 cm³/mol. The van der Waals surface area contributed by atoms with E-state index in [1.807, 2.05) is 10.8 Å². The standard InChI is InChI=1S/C24H25FN4O4/c1-17-14-19(29(31)32)6-7-20(17)24(30)28-11-2-4-23(21-15-18(25)5-8-22(21)28)33-13-3-10-27-12-9-26-16-27/h5-9,12,14-16,23H,2-4,10-11,13H2,1H3. The van der Waals surface area contributed by atoms with Gasteiger partial charge in [-0.1, -0.05) is 0 Å². The molecule has 0 fully saturated rings. The van der Waals surface area contributed by atoms with Gasteiger partial charge < -0.3 is 14.2 Å². The number of anilines is 1. The second kappa shape index (κ2) is 9.91. The third kappa shape index (κ3) is 5.09. The number of carbonyl (C=O) groups excluding carboxylic acids is 1. The topological polar surface area (TPSA) is 90.5 Å². The van der Waals surface area contributed by atoms with Crippen molar-refractivity contribution >= 4 is 17.3 Å². The summed E-state index contributed by atoms with van der Waals surface area (Å²) in [6.07, 6.45) is 7.16. The van der Waals surface area contributed by atoms with Crippen LogP contribution in [-0.2, 0) is 11.3 Å². The smallest absolute Gasteiger partial charge is 0.269 e. The van der Waals surface area contributed by atoms with Crippen LogP contribution in [-0.4, -0.2) is 33.5 Å². The number of non-ortho nitro benzene ring substituents is 1. The Morgan fingerprint density at radius 2 is 2.15 bits per heavy atom. The monoisotopic (exact) mass is 452 g/mol. The summed E-state index contributed by atoms with van der Waals surface area (Å²) in [5.74, 6) is -0.655. The highest BCUT2D eigenvalue weighted by atomic mass is 19.1. The highest BCUT2D eigenvalue weighted by Gasteiger charge is 2.29. The van der Waals surface area contributed by atoms with Crippen LogP contribution < -0.4 is 4.90 Å². The molecule has 8 nitrogen and oxygen atoms in total. The van der Waals surface area contributed by atoms with Gasteiger partial charge in [0, 0.05) is 61.0 Å². The largest absolute Gasteiger partial charge is 0.373 e. The molecular weight excluding hydrogens is 427 g/mol. The van der Waals surface area contributed by atoms with Crippen LogP contribution in [0.2, 0.25) is 0 Å². The first-order chi connectivity index (χ1) is 15.9. The highest BCUT2D eigenvalue weighted by molar-refractivity contribution is 6.07. The van der Waals surface area contributed by atoms with Crippen LogP contribution in [0.4, 0.5) is 15.8 Å². The summed E-state index contributed by atoms with van der Waals surface area (Å²) in [5.41, 5.74) is 2.09. The molecule has 1 aliphatic heterocycles. The Morgan fingerprint density at radius 3 is 2.88 bits per heavy atom. The molecule has 4 rings (SSSR count). The number of benzene rings is 2. The van der Waals surface area contributed by atoms with Gasteiger partial charge in [0.05, 0.1) is 17.4 Å². The van der Waals surface area contributed by atoms with E-state index in [-0.39, 0.29) is 23.5 Å². The van der Waals surface area contributed by atoms with Gasteiger partial charge in [0.2, 0.25) is 0 Å². The summed E-state index contributed by atoms with van der Waals surface area (Å²) in [4.78, 5) is 29.6. The molecule has 9 heteroatoms. The Balaban J connectivity index is 1.55. The fourth-order valence-corrected chi connectivity index (χ4v) is 4.16. The summed E-state index contributed by atoms with van der Waals surface area (Å²) in [6.45, 7) is 3.39. The van der Waals surface area contributed by atoms with Crippen molar-refractivity contribution < 1.29 is 18.8 Å². The summed E-state index contributed by atoms with van der Waals surface area (Å²) in [6, 6.07) is 8.58. The molecule has 1 aromatic heterocycles. The molecule has 1 aliphatic rings. The number of nitro groups is 1. The van der Waals surface area contributed by atoms with Crippen LogP contribution in [0.1, 0.15) is 46.9 Å². The molecule has 0 radical (unpaired) electrons. The van der Waals surface area contributed by atoms with Crippen molar-refractivity contribution in [3.8, 4) is 0 Å². The second-order valence-corrected chi connectivity index (χ2v) is 8.07. The maximum Gasteiger partial charge on any atom is 0.269 e. The SMILES string of the molecule is Cc1cc([N+](=O)[O-])ccc1C(=O)N1CCCC(OCCCn2ccnc2)c2cc(F)ccc21. The van der Waals surface area contributed by atoms with Crippen LogP contribution in [0.3, 0.4) is 0 Å². The Hall–Kier alpha value is -3.59. The van der Waals surface area contributed by atoms with Crippen molar-refractivity contribution in [3.05, 3.63) is 87.7 Å². The van der Waals surface area contributed by atoms with E-state index < -0.39 is 4.92 Å². The number of aromatic nitrogens is 2. The fraction of sp³-hybridized carbons (Fsp3) is 0.333. The first-order valence-corrected chi connectivity index (χ1v) is 10.9. The van der Waals surface area contributed by atoms with Gasteiger partial charge in [-0.25, -0.2) is 9.37 Å². The van der Waals surface area contributed by atoms with Crippen molar-refractivity contribution in [1.82, 2.24) is 9.55 Å². The number of nitrogens with zero attached hydrogens (tertiary/aromatic N) is 4. The van der Waals surface area contributed by atoms with Crippen LogP contribution in [0.5, 0.6) is 0 Å². The van der Waals surface area contributed by atoms with E-state index in [2.05, 4.69) is 4.98 Å². The first kappa shape index (κ1) is 22.6. The van der Waals surface area contributed by atoms with Crippen molar-refractivity contribution in [1.29, 1.82) is 0 Å². The van der Waals surface area contributed by atoms with Crippen LogP contribution in [0.25, 0.3) is 0 Å². The van der Waals surface area contributed by atoms with Crippen molar-refractivity contribution in [2.45, 2.75) is 38.8 Å². The molecule has 2 aromatic carbocycles. The predicted octanol–water partition coefficient (Wildman–Crippen LogP) is 4.83. The number of halogens is 1. The molecule has 0 bridgehead atoms. The number of amides is 1. The van der Waals surface area contributed by atoms with E-state index in [4.69, 9.17) is 4.74 Å². The minimum Gasteiger partial charge on any atom is -0.373 e. The number of hydrogen-bond acceptors (Lipinski definition) is 5. The summed E-state index contributed by atoms with van der Waals surface area (Å²) in [7, 11) is 0. The number of ether oxygens (including phenoxy) is 1. The third-order valence-electron chi connectivity index (χ3n) is 5.81. The Kier molecular flexibility index (Phi) is 6.79. The van der Waals surface area contributed by atoms with E-state index in [1.54, 1.807) is 30.4 Å². The second-order valence-electron chi connectivity index (χ2n) is 8.07. The molecule has 172 valence electrons. The average molecular weight is 452 g/mol. The van der Waals surface area contributed by atoms with E-state index in [0.717, 1.165) is 13.0 Å². The molecule has 1 atom stereocenters. The molecule has 0 saturated carbocycles. The number of aryl methyl sites for hydroxylation is 2. The number of fused-ring (bicyclic) bond motifs is 1. The fourth-order valence-electron chi connectivity index (χ4n) is 4.16. The van der Waals surface area contributed by atoms with E-state index in [9.17, 15) is 19.3 Å². The maximum absolute atomic E-state index is 14.2. The lowest BCUT2D eigenvalue weighted by molar-refractivity contribution is -0.384. The molecule has 1 unspecified atom stereocenters. The summed E-state index contributed by atoms with van der Waals surface area (Å²) >= 11 is 0. The lowest BCUT2D eigenvalue weighted by Crippen LogP contribution is -2.32. The Morgan fingerprint density at radius 1 is 1.30 bits per heavy atom. The molecular formula is C24H25FN4O4. The van der Waals surface area contributed by atoms with E-state index >= 15 is 0 Å². The number of imidazole rings is 1. The van der Waals surface area contributed by atoms with Crippen molar-refractivity contribution in [3.63, 3.8) is 0 Å². The van der Waals surface area contributed by atoms with Crippen molar-refractivity contribution in [2.75, 3.05) is 18.1 Å². The van der Waals surface area contributed by atoms with Gasteiger partial charge in [0.25, 0.3) is 11.6 Å². The molecule has 3 aromatic rings. The van der Waals surface area contributed by atoms with Gasteiger partial charge in [-0.15, -0.1) is 0 Å². The molecule has 2 heterocycles. The van der Waals surface area contributed by atoms with Gasteiger partial charge in [0.15, 0.2) is 0 Å². The molecule has 1 amide bonds. The van der Waals surface area contributed by atoms with Gasteiger partial charge in [-0.3, -0.25) is 14.9 Å². The van der Waals surface area contributed by atoms with Gasteiger partial charge in [-0.2, -0.15) is 0 Å². The minimum atomic E-state index is -0.486. The molecule has 0 saturated heterocycles. The highest BCUT2D eigenvalue weighted by Crippen LogP contribution is 2.37. The maximum atomic E-state index is 14.2. The van der Waals surface area contributed by atoms with Crippen LogP contribution in [0, 0.1) is 22.9 Å². The normalized spacial score (nSPS) is 15.7. The third-order valence-corrected chi connectivity index (χ3v) is 5.81. The lowest BCUT2D eigenvalue weighted by atomic mass is 10.0. The number of rotatable bonds is 7. The quantitative estimate of drug-likeness (QED) is 0.291. The summed E-state index contributed by atoms with van der Waals surface area (Å²) in [5, 5.41) is 11.0. The molecule has 0 aliphatic carbocycles. The molecule has 33 heavy (non-hydrogen) atoms. The van der Waals surface area contributed by atoms with Crippen LogP contribution >= 0.6 is 0 Å². The average Bonchev–Trinajstić information content (AvgIpc) is 3.25. The van der Waals surface area contributed by atoms with E-state index in [0.29, 0.717) is 48.4 Å². The molecule has 0 spiro atoms. The molecule has 0 N–H and O–H groups in total. The van der Waals surface area contributed by atoms with Gasteiger partial charge in [-0.05, 0) is 56.0 Å². The van der Waals surface area contributed by atoms with E-state index in [1.165, 1.54) is 30.3 Å². The zero-order valence-electron chi connectivity index (χ0n) is 18.3. The van der Waals surface area contributed by atoms with Gasteiger partial charge in [0.1, 0.15) is 5.82 Å². The van der Waals surface area contributed by atoms with Crippen LogP contribution in [0.15, 0.2) is 55.1 Å². The number of nitro benzene ring substituents is 1. The minimum absolute atomic E-state index is 0.0634. The van der Waals surface area contributed by atoms with Gasteiger partial charge >= 0.3 is 0 Å². The Labute approximate surface area is 190 Å². The number of carbonyl (C=O) groups is 1. The van der Waals surface area contributed by atoms with Crippen molar-refractivity contribution in [2.24, 2.45) is 0 Å².